The maximum Gasteiger partial charge on any atom is 0.0391 e. The fourth-order valence-electron chi connectivity index (χ4n) is 2.26. The molecule has 0 fully saturated rings. The van der Waals surface area contributed by atoms with Crippen LogP contribution in [0.4, 0.5) is 0 Å². The van der Waals surface area contributed by atoms with Gasteiger partial charge in [0.15, 0.2) is 0 Å². The second kappa shape index (κ2) is 6.36. The van der Waals surface area contributed by atoms with Gasteiger partial charge in [0.05, 0.1) is 0 Å². The molecule has 2 heteroatoms. The maximum atomic E-state index is 3.66. The van der Waals surface area contributed by atoms with E-state index in [1.54, 1.807) is 0 Å². The van der Waals surface area contributed by atoms with Crippen LogP contribution in [-0.2, 0) is 0 Å². The summed E-state index contributed by atoms with van der Waals surface area (Å²) in [6.07, 6.45) is 0. The van der Waals surface area contributed by atoms with E-state index in [1.165, 1.54) is 16.0 Å². The fraction of sp³-hybridized carbons (Fsp3) is 0.412. The Kier molecular flexibility index (Phi) is 4.78. The average Bonchev–Trinajstić information content (AvgIpc) is 2.92. The summed E-state index contributed by atoms with van der Waals surface area (Å²) < 4.78 is 0. The third-order valence-electron chi connectivity index (χ3n) is 3.57. The molecule has 0 aliphatic carbocycles. The van der Waals surface area contributed by atoms with Crippen LogP contribution in [-0.4, -0.2) is 0 Å². The zero-order chi connectivity index (χ0) is 13.8. The lowest BCUT2D eigenvalue weighted by molar-refractivity contribution is 0.500. The van der Waals surface area contributed by atoms with Gasteiger partial charge < -0.3 is 5.32 Å². The van der Waals surface area contributed by atoms with Gasteiger partial charge >= 0.3 is 0 Å². The van der Waals surface area contributed by atoms with Gasteiger partial charge in [-0.05, 0) is 42.3 Å². The van der Waals surface area contributed by atoms with Gasteiger partial charge in [0, 0.05) is 17.0 Å². The second-order valence-corrected chi connectivity index (χ2v) is 6.43. The lowest BCUT2D eigenvalue weighted by Crippen LogP contribution is -2.21. The number of thiophene rings is 1. The Hall–Kier alpha value is -1.12. The molecule has 1 aromatic heterocycles. The van der Waals surface area contributed by atoms with Gasteiger partial charge in [-0.3, -0.25) is 0 Å². The van der Waals surface area contributed by atoms with Crippen LogP contribution in [0.2, 0.25) is 0 Å². The zero-order valence-corrected chi connectivity index (χ0v) is 13.0. The predicted octanol–water partition coefficient (Wildman–Crippen LogP) is 5.28. The monoisotopic (exact) mass is 273 g/mol. The van der Waals surface area contributed by atoms with Crippen molar-refractivity contribution < 1.29 is 0 Å². The van der Waals surface area contributed by atoms with Gasteiger partial charge in [0.1, 0.15) is 0 Å². The second-order valence-electron chi connectivity index (χ2n) is 5.45. The van der Waals surface area contributed by atoms with Crippen LogP contribution >= 0.6 is 11.3 Å². The molecule has 0 amide bonds. The van der Waals surface area contributed by atoms with Gasteiger partial charge in [-0.15, -0.1) is 11.3 Å². The van der Waals surface area contributed by atoms with E-state index in [9.17, 15) is 0 Å². The summed E-state index contributed by atoms with van der Waals surface area (Å²) in [5.41, 5.74) is 2.76. The average molecular weight is 273 g/mol. The Morgan fingerprint density at radius 1 is 0.842 bits per heavy atom. The van der Waals surface area contributed by atoms with Crippen molar-refractivity contribution in [3.05, 3.63) is 57.8 Å². The summed E-state index contributed by atoms with van der Waals surface area (Å²) in [6, 6.07) is 14.1. The summed E-state index contributed by atoms with van der Waals surface area (Å²) in [4.78, 5) is 1.39. The smallest absolute Gasteiger partial charge is 0.0391 e. The van der Waals surface area contributed by atoms with Gasteiger partial charge in [0.25, 0.3) is 0 Å². The van der Waals surface area contributed by atoms with Crippen molar-refractivity contribution >= 4 is 11.3 Å². The number of hydrogen-bond donors (Lipinski definition) is 1. The maximum absolute atomic E-state index is 3.66. The summed E-state index contributed by atoms with van der Waals surface area (Å²) in [5, 5.41) is 5.79. The van der Waals surface area contributed by atoms with E-state index in [-0.39, 0.29) is 0 Å². The molecular formula is C17H23NS. The molecule has 0 saturated heterocycles. The number of hydrogen-bond acceptors (Lipinski definition) is 2. The highest BCUT2D eigenvalue weighted by Gasteiger charge is 2.11. The van der Waals surface area contributed by atoms with Crippen LogP contribution in [0.15, 0.2) is 41.8 Å². The van der Waals surface area contributed by atoms with E-state index in [4.69, 9.17) is 0 Å². The molecule has 1 heterocycles. The Balaban J connectivity index is 2.01. The topological polar surface area (TPSA) is 12.0 Å². The van der Waals surface area contributed by atoms with E-state index < -0.39 is 0 Å². The van der Waals surface area contributed by atoms with Crippen LogP contribution in [0.1, 0.15) is 61.7 Å². The van der Waals surface area contributed by atoms with Crippen molar-refractivity contribution in [3.63, 3.8) is 0 Å². The van der Waals surface area contributed by atoms with Gasteiger partial charge in [-0.2, -0.15) is 0 Å². The van der Waals surface area contributed by atoms with E-state index in [2.05, 4.69) is 74.8 Å². The number of rotatable bonds is 5. The molecule has 102 valence electrons. The fourth-order valence-corrected chi connectivity index (χ4v) is 3.00. The first kappa shape index (κ1) is 14.3. The lowest BCUT2D eigenvalue weighted by atomic mass is 9.99. The molecule has 0 bridgehead atoms. The van der Waals surface area contributed by atoms with Crippen LogP contribution < -0.4 is 5.32 Å². The molecule has 0 aliphatic rings. The third-order valence-corrected chi connectivity index (χ3v) is 4.63. The Labute approximate surface area is 120 Å². The first-order valence-electron chi connectivity index (χ1n) is 6.97. The highest BCUT2D eigenvalue weighted by Crippen LogP contribution is 2.23. The number of nitrogens with one attached hydrogen (secondary N) is 1. The molecule has 19 heavy (non-hydrogen) atoms. The molecule has 1 nitrogen and oxygen atoms in total. The predicted molar refractivity (Wildman–Crippen MR) is 84.8 cm³/mol. The minimum atomic E-state index is 0.373. The molecule has 0 spiro atoms. The van der Waals surface area contributed by atoms with Crippen molar-refractivity contribution in [3.8, 4) is 0 Å². The highest BCUT2D eigenvalue weighted by molar-refractivity contribution is 7.10. The molecule has 1 aromatic carbocycles. The lowest BCUT2D eigenvalue weighted by Gasteiger charge is -2.20. The minimum absolute atomic E-state index is 0.373. The largest absolute Gasteiger partial charge is 0.303 e. The van der Waals surface area contributed by atoms with E-state index in [1.807, 2.05) is 11.3 Å². The van der Waals surface area contributed by atoms with Crippen molar-refractivity contribution in [2.75, 3.05) is 0 Å². The Morgan fingerprint density at radius 2 is 1.47 bits per heavy atom. The summed E-state index contributed by atoms with van der Waals surface area (Å²) in [6.45, 7) is 8.92. The van der Waals surface area contributed by atoms with Crippen molar-refractivity contribution in [1.82, 2.24) is 5.32 Å². The summed E-state index contributed by atoms with van der Waals surface area (Å²) in [7, 11) is 0. The van der Waals surface area contributed by atoms with Crippen molar-refractivity contribution in [1.29, 1.82) is 0 Å². The summed E-state index contributed by atoms with van der Waals surface area (Å²) >= 11 is 1.81. The van der Waals surface area contributed by atoms with Crippen LogP contribution in [0.5, 0.6) is 0 Å². The van der Waals surface area contributed by atoms with Gasteiger partial charge in [-0.1, -0.05) is 44.2 Å². The minimum Gasteiger partial charge on any atom is -0.303 e. The third kappa shape index (κ3) is 3.68. The Bertz CT molecular complexity index is 484. The van der Waals surface area contributed by atoms with Crippen LogP contribution in [0, 0.1) is 0 Å². The van der Waals surface area contributed by atoms with E-state index in [0.29, 0.717) is 18.0 Å². The molecule has 1 N–H and O–H groups in total. The van der Waals surface area contributed by atoms with E-state index >= 15 is 0 Å². The SMILES string of the molecule is CC(C)c1ccc(C(C)NC(C)c2cccs2)cc1. The van der Waals surface area contributed by atoms with E-state index in [0.717, 1.165) is 0 Å². The van der Waals surface area contributed by atoms with Gasteiger partial charge in [-0.25, -0.2) is 0 Å². The molecule has 2 rings (SSSR count). The van der Waals surface area contributed by atoms with Gasteiger partial charge in [0.2, 0.25) is 0 Å². The number of benzene rings is 1. The first-order chi connectivity index (χ1) is 9.08. The molecule has 0 aliphatic heterocycles. The molecule has 0 saturated carbocycles. The van der Waals surface area contributed by atoms with Crippen LogP contribution in [0.25, 0.3) is 0 Å². The Morgan fingerprint density at radius 3 is 2.00 bits per heavy atom. The first-order valence-corrected chi connectivity index (χ1v) is 7.85. The standard InChI is InChI=1S/C17H23NS/c1-12(2)15-7-9-16(10-8-15)13(3)18-14(4)17-6-5-11-19-17/h5-14,18H,1-4H3. The molecule has 2 atom stereocenters. The quantitative estimate of drug-likeness (QED) is 0.781. The molecule has 0 radical (unpaired) electrons. The molecule has 2 unspecified atom stereocenters. The molecule has 2 aromatic rings. The molecular weight excluding hydrogens is 250 g/mol. The zero-order valence-electron chi connectivity index (χ0n) is 12.2. The normalized spacial score (nSPS) is 14.6. The van der Waals surface area contributed by atoms with Crippen LogP contribution in [0.3, 0.4) is 0 Å². The van der Waals surface area contributed by atoms with Crippen molar-refractivity contribution in [2.45, 2.75) is 45.7 Å². The highest BCUT2D eigenvalue weighted by atomic mass is 32.1. The van der Waals surface area contributed by atoms with Crippen molar-refractivity contribution in [2.24, 2.45) is 0 Å². The summed E-state index contributed by atoms with van der Waals surface area (Å²) in [5.74, 6) is 0.599.